The van der Waals surface area contributed by atoms with E-state index in [0.29, 0.717) is 37.6 Å². The largest absolute Gasteiger partial charge is 0.490 e. The van der Waals surface area contributed by atoms with E-state index in [1.165, 1.54) is 0 Å². The van der Waals surface area contributed by atoms with Crippen molar-refractivity contribution >= 4 is 5.97 Å². The molecule has 0 saturated heterocycles. The molecule has 0 spiro atoms. The summed E-state index contributed by atoms with van der Waals surface area (Å²) in [6.45, 7) is 1.20. The second-order valence-corrected chi connectivity index (χ2v) is 5.63. The van der Waals surface area contributed by atoms with Crippen molar-refractivity contribution in [1.29, 1.82) is 0 Å². The van der Waals surface area contributed by atoms with Gasteiger partial charge in [-0.05, 0) is 18.9 Å². The van der Waals surface area contributed by atoms with Gasteiger partial charge in [0.1, 0.15) is 0 Å². The SMILES string of the molecule is O=C(O)C1(c2cccc3c2OCCCO3)CCCCC1. The summed E-state index contributed by atoms with van der Waals surface area (Å²) in [5.41, 5.74) is -0.0128. The number of rotatable bonds is 2. The van der Waals surface area contributed by atoms with Crippen molar-refractivity contribution in [2.75, 3.05) is 13.2 Å². The van der Waals surface area contributed by atoms with E-state index in [1.54, 1.807) is 0 Å². The summed E-state index contributed by atoms with van der Waals surface area (Å²) >= 11 is 0. The molecule has 1 aliphatic heterocycles. The fourth-order valence-corrected chi connectivity index (χ4v) is 3.32. The molecule has 0 unspecified atom stereocenters. The fourth-order valence-electron chi connectivity index (χ4n) is 3.32. The van der Waals surface area contributed by atoms with E-state index >= 15 is 0 Å². The minimum atomic E-state index is -0.808. The van der Waals surface area contributed by atoms with Crippen LogP contribution in [-0.2, 0) is 10.2 Å². The van der Waals surface area contributed by atoms with E-state index in [9.17, 15) is 9.90 Å². The van der Waals surface area contributed by atoms with Crippen LogP contribution in [0, 0.1) is 0 Å². The Morgan fingerprint density at radius 1 is 1.05 bits per heavy atom. The number of para-hydroxylation sites is 1. The van der Waals surface area contributed by atoms with Crippen LogP contribution >= 0.6 is 0 Å². The Hall–Kier alpha value is -1.71. The first-order valence-electron chi connectivity index (χ1n) is 7.36. The Balaban J connectivity index is 2.09. The van der Waals surface area contributed by atoms with E-state index in [4.69, 9.17) is 9.47 Å². The van der Waals surface area contributed by atoms with Gasteiger partial charge in [0.05, 0.1) is 18.6 Å². The summed E-state index contributed by atoms with van der Waals surface area (Å²) in [4.78, 5) is 12.0. The summed E-state index contributed by atoms with van der Waals surface area (Å²) in [6, 6.07) is 5.64. The monoisotopic (exact) mass is 276 g/mol. The Morgan fingerprint density at radius 3 is 2.55 bits per heavy atom. The van der Waals surface area contributed by atoms with E-state index in [1.807, 2.05) is 18.2 Å². The zero-order valence-electron chi connectivity index (χ0n) is 11.6. The molecule has 0 bridgehead atoms. The maximum absolute atomic E-state index is 12.0. The lowest BCUT2D eigenvalue weighted by Crippen LogP contribution is -2.38. The van der Waals surface area contributed by atoms with Crippen molar-refractivity contribution in [3.63, 3.8) is 0 Å². The summed E-state index contributed by atoms with van der Waals surface area (Å²) < 4.78 is 11.5. The molecule has 4 heteroatoms. The van der Waals surface area contributed by atoms with Gasteiger partial charge in [-0.25, -0.2) is 0 Å². The molecule has 108 valence electrons. The van der Waals surface area contributed by atoms with Crippen LogP contribution in [0.5, 0.6) is 11.5 Å². The first kappa shape index (κ1) is 13.3. The molecular formula is C16H20O4. The van der Waals surface area contributed by atoms with Crippen LogP contribution in [0.2, 0.25) is 0 Å². The van der Waals surface area contributed by atoms with Crippen LogP contribution in [0.3, 0.4) is 0 Å². The Morgan fingerprint density at radius 2 is 1.80 bits per heavy atom. The van der Waals surface area contributed by atoms with Crippen LogP contribution < -0.4 is 9.47 Å². The van der Waals surface area contributed by atoms with Crippen molar-refractivity contribution in [1.82, 2.24) is 0 Å². The summed E-state index contributed by atoms with van der Waals surface area (Å²) in [5, 5.41) is 9.82. The molecule has 1 aromatic rings. The topological polar surface area (TPSA) is 55.8 Å². The number of hydrogen-bond donors (Lipinski definition) is 1. The fraction of sp³-hybridized carbons (Fsp3) is 0.562. The molecule has 1 aliphatic carbocycles. The van der Waals surface area contributed by atoms with Gasteiger partial charge in [-0.2, -0.15) is 0 Å². The van der Waals surface area contributed by atoms with E-state index < -0.39 is 11.4 Å². The highest BCUT2D eigenvalue weighted by molar-refractivity contribution is 5.83. The number of benzene rings is 1. The number of ether oxygens (including phenoxy) is 2. The zero-order valence-corrected chi connectivity index (χ0v) is 11.6. The molecule has 2 aliphatic rings. The van der Waals surface area contributed by atoms with Crippen molar-refractivity contribution in [3.8, 4) is 11.5 Å². The molecule has 0 amide bonds. The highest BCUT2D eigenvalue weighted by Gasteiger charge is 2.44. The number of hydrogen-bond acceptors (Lipinski definition) is 3. The standard InChI is InChI=1S/C16H20O4/c17-15(18)16(8-2-1-3-9-16)12-6-4-7-13-14(12)20-11-5-10-19-13/h4,6-7H,1-3,5,8-11H2,(H,17,18). The smallest absolute Gasteiger partial charge is 0.314 e. The third-order valence-electron chi connectivity index (χ3n) is 4.40. The molecular weight excluding hydrogens is 256 g/mol. The van der Waals surface area contributed by atoms with Crippen LogP contribution in [0.4, 0.5) is 0 Å². The lowest BCUT2D eigenvalue weighted by Gasteiger charge is -2.34. The molecule has 1 aromatic carbocycles. The van der Waals surface area contributed by atoms with Gasteiger partial charge in [0.25, 0.3) is 0 Å². The second kappa shape index (κ2) is 5.35. The highest BCUT2D eigenvalue weighted by atomic mass is 16.5. The predicted octanol–water partition coefficient (Wildman–Crippen LogP) is 3.13. The van der Waals surface area contributed by atoms with Gasteiger partial charge in [-0.3, -0.25) is 4.79 Å². The molecule has 3 rings (SSSR count). The summed E-state index contributed by atoms with van der Waals surface area (Å²) in [5.74, 6) is 0.596. The van der Waals surface area contributed by atoms with Crippen LogP contribution in [-0.4, -0.2) is 24.3 Å². The lowest BCUT2D eigenvalue weighted by molar-refractivity contribution is -0.145. The third-order valence-corrected chi connectivity index (χ3v) is 4.40. The van der Waals surface area contributed by atoms with Crippen molar-refractivity contribution in [2.24, 2.45) is 0 Å². The second-order valence-electron chi connectivity index (χ2n) is 5.63. The van der Waals surface area contributed by atoms with Gasteiger partial charge in [0.2, 0.25) is 0 Å². The molecule has 1 fully saturated rings. The normalized spacial score (nSPS) is 21.0. The zero-order chi connectivity index (χ0) is 14.0. The molecule has 1 N–H and O–H groups in total. The average Bonchev–Trinajstić information content (AvgIpc) is 2.72. The Labute approximate surface area is 118 Å². The average molecular weight is 276 g/mol. The van der Waals surface area contributed by atoms with Crippen molar-refractivity contribution < 1.29 is 19.4 Å². The van der Waals surface area contributed by atoms with Gasteiger partial charge in [-0.1, -0.05) is 31.4 Å². The minimum Gasteiger partial charge on any atom is -0.490 e. The molecule has 0 radical (unpaired) electrons. The number of carbonyl (C=O) groups is 1. The maximum atomic E-state index is 12.0. The molecule has 0 aromatic heterocycles. The van der Waals surface area contributed by atoms with Gasteiger partial charge in [0.15, 0.2) is 11.5 Å². The number of fused-ring (bicyclic) bond motifs is 1. The highest BCUT2D eigenvalue weighted by Crippen LogP contribution is 2.47. The first-order chi connectivity index (χ1) is 9.74. The summed E-state index contributed by atoms with van der Waals surface area (Å²) in [7, 11) is 0. The van der Waals surface area contributed by atoms with Gasteiger partial charge in [-0.15, -0.1) is 0 Å². The van der Waals surface area contributed by atoms with E-state index in [2.05, 4.69) is 0 Å². The van der Waals surface area contributed by atoms with E-state index in [0.717, 1.165) is 31.2 Å². The first-order valence-corrected chi connectivity index (χ1v) is 7.36. The molecule has 1 heterocycles. The van der Waals surface area contributed by atoms with Crippen LogP contribution in [0.1, 0.15) is 44.1 Å². The van der Waals surface area contributed by atoms with Gasteiger partial charge >= 0.3 is 5.97 Å². The van der Waals surface area contributed by atoms with E-state index in [-0.39, 0.29) is 0 Å². The number of carboxylic acids is 1. The molecule has 4 nitrogen and oxygen atoms in total. The minimum absolute atomic E-state index is 0.583. The van der Waals surface area contributed by atoms with Crippen molar-refractivity contribution in [2.45, 2.75) is 43.9 Å². The number of carboxylic acid groups (broad SMARTS) is 1. The third kappa shape index (κ3) is 2.13. The van der Waals surface area contributed by atoms with Gasteiger partial charge in [0, 0.05) is 12.0 Å². The van der Waals surface area contributed by atoms with Crippen LogP contribution in [0.15, 0.2) is 18.2 Å². The lowest BCUT2D eigenvalue weighted by atomic mass is 9.69. The Kier molecular flexibility index (Phi) is 3.55. The number of aliphatic carboxylic acids is 1. The van der Waals surface area contributed by atoms with Crippen molar-refractivity contribution in [3.05, 3.63) is 23.8 Å². The quantitative estimate of drug-likeness (QED) is 0.901. The summed E-state index contributed by atoms with van der Waals surface area (Å²) in [6.07, 6.45) is 5.22. The molecule has 1 saturated carbocycles. The maximum Gasteiger partial charge on any atom is 0.314 e. The molecule has 0 atom stereocenters. The Bertz CT molecular complexity index is 503. The predicted molar refractivity (Wildman–Crippen MR) is 74.4 cm³/mol. The molecule has 20 heavy (non-hydrogen) atoms. The van der Waals surface area contributed by atoms with Gasteiger partial charge < -0.3 is 14.6 Å². The van der Waals surface area contributed by atoms with Crippen LogP contribution in [0.25, 0.3) is 0 Å².